The van der Waals surface area contributed by atoms with Crippen LogP contribution >= 0.6 is 0 Å². The zero-order valence-corrected chi connectivity index (χ0v) is 16.0. The summed E-state index contributed by atoms with van der Waals surface area (Å²) >= 11 is 0. The molecule has 0 N–H and O–H groups in total. The summed E-state index contributed by atoms with van der Waals surface area (Å²) < 4.78 is 5.57. The van der Waals surface area contributed by atoms with Gasteiger partial charge in [0.25, 0.3) is 0 Å². The molecule has 0 amide bonds. The normalized spacial score (nSPS) is 43.7. The van der Waals surface area contributed by atoms with E-state index in [0.29, 0.717) is 10.8 Å². The first-order valence-electron chi connectivity index (χ1n) is 10.2. The SMILES string of the molecule is CC(=O)O[C@@H]1CC[C@]2(C)[C@H](CC[C@H]3C4=C(CC[C@H]32)C(C)(C)CC4)C1. The van der Waals surface area contributed by atoms with E-state index in [1.54, 1.807) is 6.92 Å². The number of allylic oxidation sites excluding steroid dienone is 2. The van der Waals surface area contributed by atoms with Crippen LogP contribution in [0.15, 0.2) is 11.1 Å². The summed E-state index contributed by atoms with van der Waals surface area (Å²) in [4.78, 5) is 11.3. The maximum Gasteiger partial charge on any atom is 0.302 e. The molecule has 24 heavy (non-hydrogen) atoms. The van der Waals surface area contributed by atoms with Crippen LogP contribution in [-0.4, -0.2) is 12.1 Å². The van der Waals surface area contributed by atoms with Crippen molar-refractivity contribution in [3.05, 3.63) is 11.1 Å². The predicted molar refractivity (Wildman–Crippen MR) is 96.5 cm³/mol. The van der Waals surface area contributed by atoms with Crippen molar-refractivity contribution < 1.29 is 9.53 Å². The van der Waals surface area contributed by atoms with Gasteiger partial charge in [-0.1, -0.05) is 31.9 Å². The Morgan fingerprint density at radius 3 is 2.58 bits per heavy atom. The van der Waals surface area contributed by atoms with E-state index in [1.807, 2.05) is 11.1 Å². The van der Waals surface area contributed by atoms with E-state index in [1.165, 1.54) is 44.9 Å². The molecular formula is C22H34O2. The van der Waals surface area contributed by atoms with Gasteiger partial charge in [0.05, 0.1) is 0 Å². The molecule has 2 nitrogen and oxygen atoms in total. The lowest BCUT2D eigenvalue weighted by molar-refractivity contribution is -0.154. The Bertz CT molecular complexity index is 573. The molecule has 134 valence electrons. The van der Waals surface area contributed by atoms with Crippen molar-refractivity contribution in [3.8, 4) is 0 Å². The number of carbonyl (C=O) groups excluding carboxylic acids is 1. The van der Waals surface area contributed by atoms with Gasteiger partial charge in [0, 0.05) is 6.92 Å². The summed E-state index contributed by atoms with van der Waals surface area (Å²) in [5.74, 6) is 2.40. The second kappa shape index (κ2) is 5.61. The molecular weight excluding hydrogens is 296 g/mol. The third kappa shape index (κ3) is 2.47. The maximum atomic E-state index is 11.3. The number of esters is 1. The van der Waals surface area contributed by atoms with E-state index in [9.17, 15) is 4.79 Å². The minimum atomic E-state index is -0.0991. The predicted octanol–water partition coefficient (Wildman–Crippen LogP) is 5.66. The fourth-order valence-electron chi connectivity index (χ4n) is 7.04. The number of hydrogen-bond donors (Lipinski definition) is 0. The van der Waals surface area contributed by atoms with Crippen LogP contribution in [0, 0.1) is 28.6 Å². The second-order valence-electron chi connectivity index (χ2n) is 9.93. The molecule has 0 unspecified atom stereocenters. The van der Waals surface area contributed by atoms with Gasteiger partial charge in [-0.25, -0.2) is 0 Å². The van der Waals surface area contributed by atoms with Gasteiger partial charge in [-0.3, -0.25) is 4.79 Å². The molecule has 5 atom stereocenters. The Morgan fingerprint density at radius 1 is 1.04 bits per heavy atom. The summed E-state index contributed by atoms with van der Waals surface area (Å²) in [5.41, 5.74) is 4.65. The Morgan fingerprint density at radius 2 is 1.83 bits per heavy atom. The van der Waals surface area contributed by atoms with Gasteiger partial charge in [0.2, 0.25) is 0 Å². The highest BCUT2D eigenvalue weighted by Crippen LogP contribution is 2.63. The molecule has 2 saturated carbocycles. The molecule has 4 aliphatic rings. The first-order valence-corrected chi connectivity index (χ1v) is 10.2. The van der Waals surface area contributed by atoms with Crippen LogP contribution in [0.25, 0.3) is 0 Å². The number of carbonyl (C=O) groups is 1. The average Bonchev–Trinajstić information content (AvgIpc) is 2.83. The van der Waals surface area contributed by atoms with E-state index in [-0.39, 0.29) is 12.1 Å². The van der Waals surface area contributed by atoms with Gasteiger partial charge >= 0.3 is 5.97 Å². The third-order valence-electron chi connectivity index (χ3n) is 8.35. The monoisotopic (exact) mass is 330 g/mol. The van der Waals surface area contributed by atoms with Gasteiger partial charge in [-0.05, 0) is 86.4 Å². The van der Waals surface area contributed by atoms with E-state index in [2.05, 4.69) is 20.8 Å². The molecule has 2 fully saturated rings. The van der Waals surface area contributed by atoms with Crippen molar-refractivity contribution in [1.29, 1.82) is 0 Å². The smallest absolute Gasteiger partial charge is 0.302 e. The summed E-state index contributed by atoms with van der Waals surface area (Å²) in [6, 6.07) is 0. The lowest BCUT2D eigenvalue weighted by Gasteiger charge is -2.57. The standard InChI is InChI=1S/C22H34O2/c1-14(23)24-16-9-12-22(4)15(13-16)5-6-17-18-10-11-21(2,3)19(18)7-8-20(17)22/h15-17,20H,5-13H2,1-4H3/t15-,16-,17+,20-,22-/m1/s1. The first kappa shape index (κ1) is 16.7. The fraction of sp³-hybridized carbons (Fsp3) is 0.864. The van der Waals surface area contributed by atoms with Gasteiger partial charge in [0.15, 0.2) is 0 Å². The van der Waals surface area contributed by atoms with Gasteiger partial charge < -0.3 is 4.74 Å². The molecule has 2 heteroatoms. The Hall–Kier alpha value is -0.790. The van der Waals surface area contributed by atoms with Crippen LogP contribution in [0.1, 0.15) is 85.5 Å². The van der Waals surface area contributed by atoms with Crippen LogP contribution in [0.3, 0.4) is 0 Å². The minimum Gasteiger partial charge on any atom is -0.463 e. The fourth-order valence-corrected chi connectivity index (χ4v) is 7.04. The van der Waals surface area contributed by atoms with E-state index in [4.69, 9.17) is 4.74 Å². The van der Waals surface area contributed by atoms with Gasteiger partial charge in [-0.15, -0.1) is 0 Å². The molecule has 0 saturated heterocycles. The number of fused-ring (bicyclic) bond motifs is 4. The van der Waals surface area contributed by atoms with Crippen molar-refractivity contribution in [2.75, 3.05) is 0 Å². The van der Waals surface area contributed by atoms with Crippen molar-refractivity contribution in [1.82, 2.24) is 0 Å². The van der Waals surface area contributed by atoms with Crippen LogP contribution in [0.5, 0.6) is 0 Å². The zero-order valence-electron chi connectivity index (χ0n) is 16.0. The van der Waals surface area contributed by atoms with Crippen molar-refractivity contribution >= 4 is 5.97 Å². The number of hydrogen-bond acceptors (Lipinski definition) is 2. The quantitative estimate of drug-likeness (QED) is 0.458. The van der Waals surface area contributed by atoms with Crippen molar-refractivity contribution in [2.45, 2.75) is 91.6 Å². The summed E-state index contributed by atoms with van der Waals surface area (Å²) in [6.07, 6.45) is 11.8. The second-order valence-corrected chi connectivity index (χ2v) is 9.93. The maximum absolute atomic E-state index is 11.3. The van der Waals surface area contributed by atoms with Crippen molar-refractivity contribution in [2.24, 2.45) is 28.6 Å². The first-order chi connectivity index (χ1) is 11.3. The van der Waals surface area contributed by atoms with Gasteiger partial charge in [-0.2, -0.15) is 0 Å². The molecule has 4 aliphatic carbocycles. The van der Waals surface area contributed by atoms with Crippen LogP contribution < -0.4 is 0 Å². The highest BCUT2D eigenvalue weighted by Gasteiger charge is 2.54. The Labute approximate surface area is 147 Å². The van der Waals surface area contributed by atoms with E-state index < -0.39 is 0 Å². The largest absolute Gasteiger partial charge is 0.463 e. The van der Waals surface area contributed by atoms with Crippen molar-refractivity contribution in [3.63, 3.8) is 0 Å². The Balaban J connectivity index is 1.56. The average molecular weight is 331 g/mol. The zero-order chi connectivity index (χ0) is 17.1. The summed E-state index contributed by atoms with van der Waals surface area (Å²) in [5, 5.41) is 0. The Kier molecular flexibility index (Phi) is 3.89. The van der Waals surface area contributed by atoms with Crippen LogP contribution in [0.2, 0.25) is 0 Å². The molecule has 0 heterocycles. The number of rotatable bonds is 1. The molecule has 0 aliphatic heterocycles. The van der Waals surface area contributed by atoms with Gasteiger partial charge in [0.1, 0.15) is 6.10 Å². The highest BCUT2D eigenvalue weighted by molar-refractivity contribution is 5.66. The van der Waals surface area contributed by atoms with Crippen LogP contribution in [-0.2, 0) is 9.53 Å². The van der Waals surface area contributed by atoms with Crippen LogP contribution in [0.4, 0.5) is 0 Å². The molecule has 0 spiro atoms. The summed E-state index contributed by atoms with van der Waals surface area (Å²) in [7, 11) is 0. The highest BCUT2D eigenvalue weighted by atomic mass is 16.5. The van der Waals surface area contributed by atoms with E-state index in [0.717, 1.165) is 30.6 Å². The van der Waals surface area contributed by atoms with E-state index >= 15 is 0 Å². The third-order valence-corrected chi connectivity index (χ3v) is 8.35. The molecule has 0 aromatic heterocycles. The molecule has 0 aromatic rings. The molecule has 0 radical (unpaired) electrons. The molecule has 4 rings (SSSR count). The topological polar surface area (TPSA) is 26.3 Å². The molecule has 0 aromatic carbocycles. The lowest BCUT2D eigenvalue weighted by atomic mass is 9.49. The lowest BCUT2D eigenvalue weighted by Crippen LogP contribution is -2.49. The summed E-state index contributed by atoms with van der Waals surface area (Å²) in [6.45, 7) is 9.06. The minimum absolute atomic E-state index is 0.0991. The number of ether oxygens (including phenoxy) is 1. The molecule has 0 bridgehead atoms.